The zero-order chi connectivity index (χ0) is 33.5. The Labute approximate surface area is 278 Å². The first-order valence-corrected chi connectivity index (χ1v) is 16.2. The van der Waals surface area contributed by atoms with Gasteiger partial charge in [0, 0.05) is 27.2 Å². The number of nitrogens with one attached hydrogen (secondary N) is 3. The molecular formula is C35H29N3O7S2. The standard InChI is InChI=1S/C35H29N3O7S2/c1-3-45-35(44)28-20(2)30(32(41)36-22-12-5-4-6-13-22)47-33(28)38-27(39)19-46-24-15-9-14-23(18-24)37-31(40)25-16-7-10-21-11-8-17-26(29(21)25)34(42)43/h4-18H,3,19H2,1-2H3,(H,36,41)(H,37,40)(H,38,39)(H,42,43). The molecule has 5 rings (SSSR count). The zero-order valence-corrected chi connectivity index (χ0v) is 26.9. The summed E-state index contributed by atoms with van der Waals surface area (Å²) in [5.74, 6) is -3.12. The first-order valence-electron chi connectivity index (χ1n) is 14.4. The molecule has 12 heteroatoms. The van der Waals surface area contributed by atoms with Crippen LogP contribution in [0, 0.1) is 6.92 Å². The Hall–Kier alpha value is -5.46. The lowest BCUT2D eigenvalue weighted by Crippen LogP contribution is -2.16. The number of aromatic carboxylic acids is 1. The average molecular weight is 668 g/mol. The van der Waals surface area contributed by atoms with Gasteiger partial charge < -0.3 is 25.8 Å². The van der Waals surface area contributed by atoms with Crippen molar-refractivity contribution in [1.82, 2.24) is 0 Å². The minimum absolute atomic E-state index is 0.0274. The molecule has 0 atom stereocenters. The van der Waals surface area contributed by atoms with E-state index in [2.05, 4.69) is 16.0 Å². The number of carboxylic acid groups (broad SMARTS) is 1. The Morgan fingerprint density at radius 3 is 2.15 bits per heavy atom. The molecule has 0 fully saturated rings. The van der Waals surface area contributed by atoms with Crippen LogP contribution in [0.1, 0.15) is 53.2 Å². The molecule has 47 heavy (non-hydrogen) atoms. The van der Waals surface area contributed by atoms with Crippen molar-refractivity contribution in [3.05, 3.63) is 118 Å². The smallest absolute Gasteiger partial charge is 0.341 e. The number of hydrogen-bond donors (Lipinski definition) is 4. The van der Waals surface area contributed by atoms with Crippen LogP contribution in [0.3, 0.4) is 0 Å². The Kier molecular flexibility index (Phi) is 10.3. The number of esters is 1. The van der Waals surface area contributed by atoms with Crippen LogP contribution in [0.25, 0.3) is 10.8 Å². The molecule has 3 amide bonds. The van der Waals surface area contributed by atoms with Crippen molar-refractivity contribution in [3.8, 4) is 0 Å². The number of carboxylic acids is 1. The largest absolute Gasteiger partial charge is 0.478 e. The second kappa shape index (κ2) is 14.8. The fourth-order valence-electron chi connectivity index (χ4n) is 4.86. The SMILES string of the molecule is CCOC(=O)c1c(NC(=O)CSc2cccc(NC(=O)c3cccc4cccc(C(=O)O)c34)c2)sc(C(=O)Nc2ccccc2)c1C. The summed E-state index contributed by atoms with van der Waals surface area (Å²) in [7, 11) is 0. The normalized spacial score (nSPS) is 10.7. The number of hydrogen-bond acceptors (Lipinski definition) is 8. The van der Waals surface area contributed by atoms with E-state index in [1.807, 2.05) is 6.07 Å². The Bertz CT molecular complexity index is 2000. The van der Waals surface area contributed by atoms with Gasteiger partial charge in [-0.1, -0.05) is 48.5 Å². The summed E-state index contributed by atoms with van der Waals surface area (Å²) in [6.45, 7) is 3.42. The molecule has 1 aromatic heterocycles. The first kappa shape index (κ1) is 32.9. The second-order valence-corrected chi connectivity index (χ2v) is 12.2. The predicted octanol–water partition coefficient (Wildman–Crippen LogP) is 7.32. The minimum Gasteiger partial charge on any atom is -0.478 e. The quantitative estimate of drug-likeness (QED) is 0.0845. The lowest BCUT2D eigenvalue weighted by Gasteiger charge is -2.11. The number of ether oxygens (including phenoxy) is 1. The van der Waals surface area contributed by atoms with Gasteiger partial charge in [0.05, 0.1) is 28.4 Å². The number of amides is 3. The molecule has 0 radical (unpaired) electrons. The van der Waals surface area contributed by atoms with Gasteiger partial charge in [0.1, 0.15) is 5.00 Å². The number of para-hydroxylation sites is 1. The van der Waals surface area contributed by atoms with Gasteiger partial charge in [0.2, 0.25) is 5.91 Å². The van der Waals surface area contributed by atoms with Crippen molar-refractivity contribution in [1.29, 1.82) is 0 Å². The molecule has 0 unspecified atom stereocenters. The summed E-state index contributed by atoms with van der Waals surface area (Å²) in [6, 6.07) is 25.6. The van der Waals surface area contributed by atoms with Crippen molar-refractivity contribution in [2.75, 3.05) is 28.3 Å². The molecular weight excluding hydrogens is 639 g/mol. The topological polar surface area (TPSA) is 151 Å². The molecule has 4 N–H and O–H groups in total. The molecule has 0 aliphatic heterocycles. The minimum atomic E-state index is -1.13. The zero-order valence-electron chi connectivity index (χ0n) is 25.3. The molecule has 4 aromatic carbocycles. The van der Waals surface area contributed by atoms with Crippen molar-refractivity contribution in [2.24, 2.45) is 0 Å². The number of benzene rings is 4. The summed E-state index contributed by atoms with van der Waals surface area (Å²) in [6.07, 6.45) is 0. The number of anilines is 3. The molecule has 0 spiro atoms. The van der Waals surface area contributed by atoms with Crippen LogP contribution in [0.5, 0.6) is 0 Å². The van der Waals surface area contributed by atoms with Crippen molar-refractivity contribution in [3.63, 3.8) is 0 Å². The highest BCUT2D eigenvalue weighted by molar-refractivity contribution is 8.00. The van der Waals surface area contributed by atoms with Gasteiger partial charge in [-0.05, 0) is 67.3 Å². The summed E-state index contributed by atoms with van der Waals surface area (Å²) < 4.78 is 5.21. The number of carbonyl (C=O) groups is 5. The van der Waals surface area contributed by atoms with E-state index in [4.69, 9.17) is 4.74 Å². The van der Waals surface area contributed by atoms with E-state index in [1.165, 1.54) is 17.8 Å². The van der Waals surface area contributed by atoms with E-state index < -0.39 is 29.7 Å². The van der Waals surface area contributed by atoms with Crippen LogP contribution in [0.4, 0.5) is 16.4 Å². The van der Waals surface area contributed by atoms with Crippen molar-refractivity contribution >= 4 is 79.9 Å². The van der Waals surface area contributed by atoms with E-state index in [-0.39, 0.29) is 38.9 Å². The molecule has 0 saturated carbocycles. The summed E-state index contributed by atoms with van der Waals surface area (Å²) in [4.78, 5) is 65.0. The molecule has 1 heterocycles. The van der Waals surface area contributed by atoms with Gasteiger partial charge in [-0.15, -0.1) is 23.1 Å². The molecule has 10 nitrogen and oxygen atoms in total. The predicted molar refractivity (Wildman–Crippen MR) is 184 cm³/mol. The van der Waals surface area contributed by atoms with Crippen LogP contribution in [0.15, 0.2) is 95.9 Å². The van der Waals surface area contributed by atoms with Gasteiger partial charge in [0.25, 0.3) is 11.8 Å². The number of thiophene rings is 1. The van der Waals surface area contributed by atoms with E-state index >= 15 is 0 Å². The maximum absolute atomic E-state index is 13.3. The van der Waals surface area contributed by atoms with Crippen LogP contribution >= 0.6 is 23.1 Å². The van der Waals surface area contributed by atoms with Crippen LogP contribution in [-0.2, 0) is 9.53 Å². The highest BCUT2D eigenvalue weighted by atomic mass is 32.2. The monoisotopic (exact) mass is 667 g/mol. The van der Waals surface area contributed by atoms with Crippen LogP contribution in [-0.4, -0.2) is 47.1 Å². The maximum atomic E-state index is 13.3. The summed E-state index contributed by atoms with van der Waals surface area (Å²) >= 11 is 2.20. The van der Waals surface area contributed by atoms with E-state index in [1.54, 1.807) is 92.7 Å². The summed E-state index contributed by atoms with van der Waals surface area (Å²) in [5, 5.41) is 19.2. The fraction of sp³-hybridized carbons (Fsp3) is 0.114. The first-order chi connectivity index (χ1) is 22.7. The molecule has 5 aromatic rings. The van der Waals surface area contributed by atoms with E-state index in [9.17, 15) is 29.1 Å². The highest BCUT2D eigenvalue weighted by Crippen LogP contribution is 2.35. The van der Waals surface area contributed by atoms with Crippen molar-refractivity contribution < 1.29 is 33.8 Å². The third-order valence-electron chi connectivity index (χ3n) is 6.96. The van der Waals surface area contributed by atoms with E-state index in [0.717, 1.165) is 11.3 Å². The Morgan fingerprint density at radius 1 is 0.787 bits per heavy atom. The fourth-order valence-corrected chi connectivity index (χ4v) is 6.72. The van der Waals surface area contributed by atoms with Gasteiger partial charge >= 0.3 is 11.9 Å². The van der Waals surface area contributed by atoms with Crippen molar-refractivity contribution in [2.45, 2.75) is 18.7 Å². The lowest BCUT2D eigenvalue weighted by atomic mass is 9.98. The number of rotatable bonds is 11. The summed E-state index contributed by atoms with van der Waals surface area (Å²) in [5.41, 5.74) is 1.81. The molecule has 0 aliphatic carbocycles. The second-order valence-electron chi connectivity index (χ2n) is 10.1. The third-order valence-corrected chi connectivity index (χ3v) is 9.16. The average Bonchev–Trinajstić information content (AvgIpc) is 3.39. The van der Waals surface area contributed by atoms with Gasteiger partial charge in [0.15, 0.2) is 0 Å². The maximum Gasteiger partial charge on any atom is 0.341 e. The Morgan fingerprint density at radius 2 is 1.45 bits per heavy atom. The molecule has 0 saturated heterocycles. The number of carbonyl (C=O) groups excluding carboxylic acids is 4. The molecule has 0 bridgehead atoms. The van der Waals surface area contributed by atoms with Crippen LogP contribution < -0.4 is 16.0 Å². The van der Waals surface area contributed by atoms with Crippen LogP contribution in [0.2, 0.25) is 0 Å². The van der Waals surface area contributed by atoms with Gasteiger partial charge in [-0.3, -0.25) is 14.4 Å². The molecule has 238 valence electrons. The third kappa shape index (κ3) is 7.68. The molecule has 0 aliphatic rings. The Balaban J connectivity index is 1.28. The lowest BCUT2D eigenvalue weighted by molar-refractivity contribution is -0.113. The van der Waals surface area contributed by atoms with Gasteiger partial charge in [-0.25, -0.2) is 9.59 Å². The highest BCUT2D eigenvalue weighted by Gasteiger charge is 2.27. The van der Waals surface area contributed by atoms with Gasteiger partial charge in [-0.2, -0.15) is 0 Å². The number of fused-ring (bicyclic) bond motifs is 1. The van der Waals surface area contributed by atoms with E-state index in [0.29, 0.717) is 32.6 Å². The number of thioether (sulfide) groups is 1.